The van der Waals surface area contributed by atoms with Crippen LogP contribution in [0.4, 0.5) is 0 Å². The molecular formula is C18H13ClN2. The predicted octanol–water partition coefficient (Wildman–Crippen LogP) is 4.89. The Bertz CT molecular complexity index is 926. The fraction of sp³-hybridized carbons (Fsp3) is 0.0556. The number of benzene rings is 3. The molecule has 0 saturated heterocycles. The molecule has 0 bridgehead atoms. The molecule has 102 valence electrons. The molecule has 3 heteroatoms. The summed E-state index contributed by atoms with van der Waals surface area (Å²) in [7, 11) is 0. The van der Waals surface area contributed by atoms with Gasteiger partial charge in [-0.15, -0.1) is 0 Å². The van der Waals surface area contributed by atoms with E-state index in [9.17, 15) is 0 Å². The Labute approximate surface area is 127 Å². The van der Waals surface area contributed by atoms with Crippen molar-refractivity contribution in [2.75, 3.05) is 0 Å². The first-order valence-electron chi connectivity index (χ1n) is 6.90. The normalized spacial score (nSPS) is 11.3. The molecule has 3 aromatic carbocycles. The van der Waals surface area contributed by atoms with E-state index in [1.165, 1.54) is 16.3 Å². The summed E-state index contributed by atoms with van der Waals surface area (Å²) in [6.45, 7) is 0.726. The summed E-state index contributed by atoms with van der Waals surface area (Å²) in [6.07, 6.45) is 0. The zero-order valence-electron chi connectivity index (χ0n) is 11.3. The van der Waals surface area contributed by atoms with E-state index in [1.807, 2.05) is 30.3 Å². The van der Waals surface area contributed by atoms with Crippen molar-refractivity contribution >= 4 is 33.4 Å². The van der Waals surface area contributed by atoms with Crippen molar-refractivity contribution in [3.05, 3.63) is 77.6 Å². The third-order valence-corrected chi connectivity index (χ3v) is 4.06. The summed E-state index contributed by atoms with van der Waals surface area (Å²) < 4.78 is 2.08. The van der Waals surface area contributed by atoms with Gasteiger partial charge in [0.15, 0.2) is 0 Å². The molecule has 1 heterocycles. The molecule has 0 fully saturated rings. The number of hydrogen-bond donors (Lipinski definition) is 0. The summed E-state index contributed by atoms with van der Waals surface area (Å²) in [5.74, 6) is 0. The maximum absolute atomic E-state index is 6.37. The number of rotatable bonds is 2. The monoisotopic (exact) mass is 292 g/mol. The Balaban J connectivity index is 1.99. The molecule has 0 atom stereocenters. The third kappa shape index (κ3) is 2.08. The average Bonchev–Trinajstić information content (AvgIpc) is 2.85. The van der Waals surface area contributed by atoms with Gasteiger partial charge >= 0.3 is 0 Å². The zero-order chi connectivity index (χ0) is 14.2. The first-order chi connectivity index (χ1) is 10.3. The first kappa shape index (κ1) is 12.4. The highest BCUT2D eigenvalue weighted by Crippen LogP contribution is 2.28. The second-order valence-corrected chi connectivity index (χ2v) is 5.45. The fourth-order valence-electron chi connectivity index (χ4n) is 2.78. The topological polar surface area (TPSA) is 17.8 Å². The van der Waals surface area contributed by atoms with E-state index in [0.29, 0.717) is 5.28 Å². The molecule has 21 heavy (non-hydrogen) atoms. The van der Waals surface area contributed by atoms with Gasteiger partial charge < -0.3 is 4.57 Å². The van der Waals surface area contributed by atoms with Crippen molar-refractivity contribution in [3.8, 4) is 0 Å². The molecule has 0 unspecified atom stereocenters. The van der Waals surface area contributed by atoms with Crippen molar-refractivity contribution in [2.45, 2.75) is 6.54 Å². The van der Waals surface area contributed by atoms with Gasteiger partial charge in [-0.1, -0.05) is 60.7 Å². The molecule has 4 rings (SSSR count). The van der Waals surface area contributed by atoms with Crippen LogP contribution in [0.3, 0.4) is 0 Å². The lowest BCUT2D eigenvalue weighted by atomic mass is 10.1. The summed E-state index contributed by atoms with van der Waals surface area (Å²) >= 11 is 6.37. The Kier molecular flexibility index (Phi) is 2.90. The second kappa shape index (κ2) is 4.90. The van der Waals surface area contributed by atoms with Crippen molar-refractivity contribution in [1.82, 2.24) is 9.55 Å². The van der Waals surface area contributed by atoms with Crippen LogP contribution in [-0.4, -0.2) is 9.55 Å². The minimum absolute atomic E-state index is 0.533. The van der Waals surface area contributed by atoms with Crippen LogP contribution in [0, 0.1) is 0 Å². The standard InChI is InChI=1S/C18H13ClN2/c19-18-20-16-11-10-14-8-4-5-9-15(14)17(16)21(18)12-13-6-2-1-3-7-13/h1-11H,12H2. The highest BCUT2D eigenvalue weighted by Gasteiger charge is 2.12. The van der Waals surface area contributed by atoms with Gasteiger partial charge in [0.2, 0.25) is 5.28 Å². The van der Waals surface area contributed by atoms with E-state index in [2.05, 4.69) is 45.9 Å². The van der Waals surface area contributed by atoms with Crippen LogP contribution >= 0.6 is 11.6 Å². The molecule has 0 aliphatic rings. The van der Waals surface area contributed by atoms with Crippen LogP contribution in [0.5, 0.6) is 0 Å². The number of hydrogen-bond acceptors (Lipinski definition) is 1. The average molecular weight is 293 g/mol. The lowest BCUT2D eigenvalue weighted by Crippen LogP contribution is -1.99. The molecule has 0 saturated carbocycles. The first-order valence-corrected chi connectivity index (χ1v) is 7.28. The summed E-state index contributed by atoms with van der Waals surface area (Å²) in [4.78, 5) is 4.49. The Morgan fingerprint density at radius 2 is 1.62 bits per heavy atom. The van der Waals surface area contributed by atoms with Gasteiger partial charge in [-0.05, 0) is 28.6 Å². The highest BCUT2D eigenvalue weighted by molar-refractivity contribution is 6.29. The van der Waals surface area contributed by atoms with Gasteiger partial charge in [0.1, 0.15) is 0 Å². The third-order valence-electron chi connectivity index (χ3n) is 3.77. The SMILES string of the molecule is Clc1nc2ccc3ccccc3c2n1Cc1ccccc1. The Morgan fingerprint density at radius 3 is 2.48 bits per heavy atom. The quantitative estimate of drug-likeness (QED) is 0.514. The lowest BCUT2D eigenvalue weighted by Gasteiger charge is -2.08. The molecule has 0 N–H and O–H groups in total. The maximum atomic E-state index is 6.37. The zero-order valence-corrected chi connectivity index (χ0v) is 12.1. The minimum Gasteiger partial charge on any atom is -0.310 e. The summed E-state index contributed by atoms with van der Waals surface area (Å²) in [6, 6.07) is 22.8. The highest BCUT2D eigenvalue weighted by atomic mass is 35.5. The largest absolute Gasteiger partial charge is 0.310 e. The Morgan fingerprint density at radius 1 is 0.857 bits per heavy atom. The van der Waals surface area contributed by atoms with Crippen molar-refractivity contribution < 1.29 is 0 Å². The van der Waals surface area contributed by atoms with Gasteiger partial charge in [-0.2, -0.15) is 0 Å². The predicted molar refractivity (Wildman–Crippen MR) is 87.8 cm³/mol. The lowest BCUT2D eigenvalue weighted by molar-refractivity contribution is 0.828. The van der Waals surface area contributed by atoms with E-state index in [-0.39, 0.29) is 0 Å². The summed E-state index contributed by atoms with van der Waals surface area (Å²) in [5.41, 5.74) is 3.25. The van der Waals surface area contributed by atoms with E-state index in [1.54, 1.807) is 0 Å². The number of aromatic nitrogens is 2. The Hall–Kier alpha value is -2.32. The van der Waals surface area contributed by atoms with E-state index >= 15 is 0 Å². The summed E-state index contributed by atoms with van der Waals surface area (Å²) in [5, 5.41) is 2.92. The fourth-order valence-corrected chi connectivity index (χ4v) is 3.02. The second-order valence-electron chi connectivity index (χ2n) is 5.11. The van der Waals surface area contributed by atoms with E-state index in [0.717, 1.165) is 17.6 Å². The molecule has 0 amide bonds. The van der Waals surface area contributed by atoms with E-state index < -0.39 is 0 Å². The van der Waals surface area contributed by atoms with Gasteiger partial charge in [-0.3, -0.25) is 0 Å². The van der Waals surface area contributed by atoms with Crippen LogP contribution in [0.15, 0.2) is 66.7 Å². The molecule has 0 aliphatic heterocycles. The molecule has 0 aliphatic carbocycles. The van der Waals surface area contributed by atoms with Crippen molar-refractivity contribution in [3.63, 3.8) is 0 Å². The van der Waals surface area contributed by atoms with Crippen LogP contribution in [-0.2, 0) is 6.54 Å². The molecule has 0 radical (unpaired) electrons. The van der Waals surface area contributed by atoms with Crippen molar-refractivity contribution in [2.24, 2.45) is 0 Å². The van der Waals surface area contributed by atoms with Crippen LogP contribution in [0.25, 0.3) is 21.8 Å². The molecular weight excluding hydrogens is 280 g/mol. The van der Waals surface area contributed by atoms with E-state index in [4.69, 9.17) is 11.6 Å². The number of nitrogens with zero attached hydrogens (tertiary/aromatic N) is 2. The van der Waals surface area contributed by atoms with Crippen molar-refractivity contribution in [1.29, 1.82) is 0 Å². The van der Waals surface area contributed by atoms with Gasteiger partial charge in [0, 0.05) is 5.39 Å². The molecule has 2 nitrogen and oxygen atoms in total. The van der Waals surface area contributed by atoms with Crippen LogP contribution < -0.4 is 0 Å². The molecule has 4 aromatic rings. The van der Waals surface area contributed by atoms with Gasteiger partial charge in [0.05, 0.1) is 17.6 Å². The van der Waals surface area contributed by atoms with Gasteiger partial charge in [0.25, 0.3) is 0 Å². The number of fused-ring (bicyclic) bond motifs is 3. The molecule has 1 aromatic heterocycles. The maximum Gasteiger partial charge on any atom is 0.204 e. The van der Waals surface area contributed by atoms with Crippen LogP contribution in [0.1, 0.15) is 5.56 Å². The van der Waals surface area contributed by atoms with Crippen LogP contribution in [0.2, 0.25) is 5.28 Å². The smallest absolute Gasteiger partial charge is 0.204 e. The van der Waals surface area contributed by atoms with Gasteiger partial charge in [-0.25, -0.2) is 4.98 Å². The number of halogens is 1. The number of imidazole rings is 1. The minimum atomic E-state index is 0.533. The molecule has 0 spiro atoms.